The summed E-state index contributed by atoms with van der Waals surface area (Å²) in [7, 11) is -3.90. The highest BCUT2D eigenvalue weighted by molar-refractivity contribution is 7.89. The molecule has 94 valence electrons. The van der Waals surface area contributed by atoms with Crippen LogP contribution < -0.4 is 4.89 Å². The van der Waals surface area contributed by atoms with Crippen molar-refractivity contribution in [3.8, 4) is 0 Å². The van der Waals surface area contributed by atoms with E-state index >= 15 is 0 Å². The summed E-state index contributed by atoms with van der Waals surface area (Å²) < 4.78 is 36.5. The number of hydrogen-bond donors (Lipinski definition) is 2. The molecule has 0 spiro atoms. The fraction of sp³-hybridized carbons (Fsp3) is 0.273. The van der Waals surface area contributed by atoms with Crippen molar-refractivity contribution >= 4 is 15.9 Å². The first-order valence-corrected chi connectivity index (χ1v) is 6.54. The van der Waals surface area contributed by atoms with E-state index < -0.39 is 21.1 Å². The highest BCUT2D eigenvalue weighted by Crippen LogP contribution is 2.29. The maximum absolute atomic E-state index is 13.6. The zero-order valence-corrected chi connectivity index (χ0v) is 10.3. The van der Waals surface area contributed by atoms with Crippen LogP contribution in [-0.4, -0.2) is 13.6 Å². The van der Waals surface area contributed by atoms with Crippen LogP contribution in [0.3, 0.4) is 0 Å². The molecule has 4 nitrogen and oxygen atoms in total. The summed E-state index contributed by atoms with van der Waals surface area (Å²) in [5, 5.41) is 7.52. The van der Waals surface area contributed by atoms with Crippen molar-refractivity contribution in [1.82, 2.24) is 4.89 Å². The van der Waals surface area contributed by atoms with E-state index in [1.807, 2.05) is 0 Å². The van der Waals surface area contributed by atoms with Crippen LogP contribution in [0, 0.1) is 0 Å². The highest BCUT2D eigenvalue weighted by atomic mass is 32.2. The molecule has 0 heterocycles. The summed E-state index contributed by atoms with van der Waals surface area (Å²) in [6, 6.07) is 6.24. The lowest BCUT2D eigenvalue weighted by molar-refractivity contribution is 0.241. The van der Waals surface area contributed by atoms with Crippen LogP contribution in [0.2, 0.25) is 0 Å². The van der Waals surface area contributed by atoms with E-state index in [-0.39, 0.29) is 5.56 Å². The van der Waals surface area contributed by atoms with E-state index in [2.05, 4.69) is 0 Å². The lowest BCUT2D eigenvalue weighted by atomic mass is 10.0. The Bertz CT molecular complexity index is 525. The van der Waals surface area contributed by atoms with Gasteiger partial charge in [-0.2, -0.15) is 0 Å². The molecule has 0 amide bonds. The second-order valence-corrected chi connectivity index (χ2v) is 5.48. The normalized spacial score (nSPS) is 14.7. The average molecular weight is 259 g/mol. The Hall–Kier alpha value is -1.24. The Labute approximate surface area is 99.8 Å². The molecule has 0 aromatic heterocycles. The molecule has 1 atom stereocenters. The van der Waals surface area contributed by atoms with Gasteiger partial charge in [-0.1, -0.05) is 35.2 Å². The quantitative estimate of drug-likeness (QED) is 0.816. The second kappa shape index (κ2) is 5.39. The predicted molar refractivity (Wildman–Crippen MR) is 63.5 cm³/mol. The van der Waals surface area contributed by atoms with Gasteiger partial charge < -0.3 is 5.21 Å². The van der Waals surface area contributed by atoms with Crippen LogP contribution in [0.5, 0.6) is 0 Å². The predicted octanol–water partition coefficient (Wildman–Crippen LogP) is 2.39. The van der Waals surface area contributed by atoms with Crippen LogP contribution in [0.15, 0.2) is 30.3 Å². The van der Waals surface area contributed by atoms with E-state index in [1.54, 1.807) is 12.1 Å². The van der Waals surface area contributed by atoms with Gasteiger partial charge in [-0.05, 0) is 19.4 Å². The van der Waals surface area contributed by atoms with E-state index in [9.17, 15) is 12.8 Å². The largest absolute Gasteiger partial charge is 0.302 e. The zero-order chi connectivity index (χ0) is 13.1. The molecule has 0 saturated carbocycles. The lowest BCUT2D eigenvalue weighted by Crippen LogP contribution is -2.25. The van der Waals surface area contributed by atoms with E-state index in [1.165, 1.54) is 36.9 Å². The molecule has 0 saturated heterocycles. The smallest absolute Gasteiger partial charge is 0.240 e. The van der Waals surface area contributed by atoms with Crippen molar-refractivity contribution in [1.29, 1.82) is 0 Å². The molecule has 0 bridgehead atoms. The summed E-state index contributed by atoms with van der Waals surface area (Å²) in [6.07, 6.45) is 1.25. The van der Waals surface area contributed by atoms with E-state index in [4.69, 9.17) is 5.21 Å². The molecule has 6 heteroatoms. The molecule has 1 aromatic carbocycles. The number of allylic oxidation sites excluding steroid dienone is 1. The van der Waals surface area contributed by atoms with Gasteiger partial charge in [-0.3, -0.25) is 0 Å². The van der Waals surface area contributed by atoms with Crippen molar-refractivity contribution < 1.29 is 18.0 Å². The maximum Gasteiger partial charge on any atom is 0.240 e. The number of nitrogens with one attached hydrogen (secondary N) is 1. The number of hydrogen-bond acceptors (Lipinski definition) is 3. The van der Waals surface area contributed by atoms with Crippen molar-refractivity contribution in [3.63, 3.8) is 0 Å². The molecule has 0 radical (unpaired) electrons. The Morgan fingerprint density at radius 3 is 2.59 bits per heavy atom. The van der Waals surface area contributed by atoms with Crippen molar-refractivity contribution in [3.05, 3.63) is 41.5 Å². The molecule has 0 aliphatic carbocycles. The Morgan fingerprint density at radius 2 is 2.06 bits per heavy atom. The van der Waals surface area contributed by atoms with Gasteiger partial charge in [0.2, 0.25) is 10.0 Å². The number of sulfonamides is 1. The molecular formula is C11H14FNO3S. The fourth-order valence-corrected chi connectivity index (χ4v) is 2.17. The minimum absolute atomic E-state index is 0.210. The Balaban J connectivity index is 3.33. The molecule has 0 aliphatic rings. The minimum atomic E-state index is -3.90. The third kappa shape index (κ3) is 2.91. The molecule has 1 unspecified atom stereocenters. The molecular weight excluding hydrogens is 245 g/mol. The van der Waals surface area contributed by atoms with Crippen molar-refractivity contribution in [2.24, 2.45) is 0 Å². The van der Waals surface area contributed by atoms with Crippen LogP contribution in [-0.2, 0) is 10.0 Å². The van der Waals surface area contributed by atoms with E-state index in [0.29, 0.717) is 5.56 Å². The molecule has 1 rings (SSSR count). The summed E-state index contributed by atoms with van der Waals surface area (Å²) in [5.41, 5.74) is 0.506. The topological polar surface area (TPSA) is 66.4 Å². The molecule has 0 fully saturated rings. The second-order valence-electron chi connectivity index (χ2n) is 3.50. The Kier molecular flexibility index (Phi) is 4.39. The van der Waals surface area contributed by atoms with Gasteiger partial charge in [0, 0.05) is 5.56 Å². The first-order chi connectivity index (χ1) is 7.94. The van der Waals surface area contributed by atoms with Gasteiger partial charge in [0.25, 0.3) is 0 Å². The summed E-state index contributed by atoms with van der Waals surface area (Å²) in [4.78, 5) is 1.25. The van der Waals surface area contributed by atoms with Crippen molar-refractivity contribution in [2.45, 2.75) is 19.1 Å². The van der Waals surface area contributed by atoms with Gasteiger partial charge in [-0.15, -0.1) is 0 Å². The molecule has 1 aromatic rings. The minimum Gasteiger partial charge on any atom is -0.302 e. The highest BCUT2D eigenvalue weighted by Gasteiger charge is 2.24. The van der Waals surface area contributed by atoms with Crippen LogP contribution in [0.25, 0.3) is 5.83 Å². The van der Waals surface area contributed by atoms with Crippen LogP contribution in [0.1, 0.15) is 30.2 Å². The lowest BCUT2D eigenvalue weighted by Gasteiger charge is -2.14. The molecule has 17 heavy (non-hydrogen) atoms. The van der Waals surface area contributed by atoms with Gasteiger partial charge >= 0.3 is 0 Å². The monoisotopic (exact) mass is 259 g/mol. The summed E-state index contributed by atoms with van der Waals surface area (Å²) in [6.45, 7) is 2.90. The SMILES string of the molecule is C/C=C(/F)c1ccccc1C(C)S(=O)(=O)NO. The Morgan fingerprint density at radius 1 is 1.47 bits per heavy atom. The third-order valence-electron chi connectivity index (χ3n) is 2.50. The standard InChI is InChI=1S/C11H14FNO3S/c1-3-11(12)10-7-5-4-6-9(10)8(2)17(15,16)13-14/h3-8,13-14H,1-2H3/b11-3+. The van der Waals surface area contributed by atoms with E-state index in [0.717, 1.165) is 0 Å². The number of rotatable bonds is 4. The zero-order valence-electron chi connectivity index (χ0n) is 9.51. The third-order valence-corrected chi connectivity index (χ3v) is 3.94. The van der Waals surface area contributed by atoms with Gasteiger partial charge in [0.05, 0.1) is 0 Å². The van der Waals surface area contributed by atoms with Crippen LogP contribution >= 0.6 is 0 Å². The summed E-state index contributed by atoms with van der Waals surface area (Å²) >= 11 is 0. The van der Waals surface area contributed by atoms with Gasteiger partial charge in [-0.25, -0.2) is 12.8 Å². The number of halogens is 1. The van der Waals surface area contributed by atoms with Crippen molar-refractivity contribution in [2.75, 3.05) is 0 Å². The average Bonchev–Trinajstić information content (AvgIpc) is 2.36. The summed E-state index contributed by atoms with van der Waals surface area (Å²) in [5.74, 6) is -0.499. The first kappa shape index (κ1) is 13.8. The molecule has 2 N–H and O–H groups in total. The number of benzene rings is 1. The molecule has 0 aliphatic heterocycles. The van der Waals surface area contributed by atoms with Gasteiger partial charge in [0.15, 0.2) is 0 Å². The maximum atomic E-state index is 13.6. The fourth-order valence-electron chi connectivity index (χ4n) is 1.47. The first-order valence-electron chi connectivity index (χ1n) is 5.00. The van der Waals surface area contributed by atoms with Crippen LogP contribution in [0.4, 0.5) is 4.39 Å². The van der Waals surface area contributed by atoms with Gasteiger partial charge in [0.1, 0.15) is 11.1 Å².